The second-order valence-corrected chi connectivity index (χ2v) is 7.28. The number of nitrogens with one attached hydrogen (secondary N) is 1. The van der Waals surface area contributed by atoms with Crippen LogP contribution in [-0.2, 0) is 11.2 Å². The number of anilines is 1. The Labute approximate surface area is 149 Å². The Morgan fingerprint density at radius 1 is 1.40 bits per heavy atom. The lowest BCUT2D eigenvalue weighted by atomic mass is 10.0. The summed E-state index contributed by atoms with van der Waals surface area (Å²) in [5.41, 5.74) is 7.06. The van der Waals surface area contributed by atoms with Crippen molar-refractivity contribution in [3.8, 4) is 0 Å². The van der Waals surface area contributed by atoms with Gasteiger partial charge in [-0.3, -0.25) is 0 Å². The minimum absolute atomic E-state index is 0.0228. The lowest BCUT2D eigenvalue weighted by Crippen LogP contribution is -2.29. The van der Waals surface area contributed by atoms with Gasteiger partial charge in [0.25, 0.3) is 0 Å². The van der Waals surface area contributed by atoms with Gasteiger partial charge in [-0.2, -0.15) is 0 Å². The number of aliphatic hydroxyl groups excluding tert-OH is 1. The van der Waals surface area contributed by atoms with Crippen molar-refractivity contribution < 1.29 is 9.84 Å². The lowest BCUT2D eigenvalue weighted by Gasteiger charge is -2.20. The molecule has 25 heavy (non-hydrogen) atoms. The molecule has 0 bridgehead atoms. The number of hydrogen-bond acceptors (Lipinski definition) is 6. The van der Waals surface area contributed by atoms with Crippen LogP contribution in [0.2, 0.25) is 0 Å². The van der Waals surface area contributed by atoms with Crippen LogP contribution in [0.3, 0.4) is 0 Å². The quantitative estimate of drug-likeness (QED) is 0.702. The number of hydrogen-bond donors (Lipinski definition) is 3. The SMILES string of the molecule is C=C(N)c1cnc(C[C@@H]2CC[C@@H](OCC)C2)nc1N[C@H]1CCC[C@@H]1O. The summed E-state index contributed by atoms with van der Waals surface area (Å²) >= 11 is 0. The number of aromatic nitrogens is 2. The molecule has 4 N–H and O–H groups in total. The second-order valence-electron chi connectivity index (χ2n) is 7.28. The highest BCUT2D eigenvalue weighted by molar-refractivity contribution is 5.70. The molecule has 0 radical (unpaired) electrons. The smallest absolute Gasteiger partial charge is 0.139 e. The first-order chi connectivity index (χ1) is 12.1. The van der Waals surface area contributed by atoms with E-state index >= 15 is 0 Å². The first kappa shape index (κ1) is 18.1. The van der Waals surface area contributed by atoms with Crippen LogP contribution in [0.4, 0.5) is 5.82 Å². The molecular formula is C19H30N4O2. The third-order valence-corrected chi connectivity index (χ3v) is 5.35. The van der Waals surface area contributed by atoms with Gasteiger partial charge in [-0.05, 0) is 51.4 Å². The van der Waals surface area contributed by atoms with Crippen molar-refractivity contribution in [3.05, 3.63) is 24.2 Å². The first-order valence-electron chi connectivity index (χ1n) is 9.43. The van der Waals surface area contributed by atoms with E-state index in [2.05, 4.69) is 16.9 Å². The summed E-state index contributed by atoms with van der Waals surface area (Å²) in [5.74, 6) is 2.08. The molecule has 0 unspecified atom stereocenters. The van der Waals surface area contributed by atoms with Gasteiger partial charge in [0.1, 0.15) is 11.6 Å². The Balaban J connectivity index is 1.70. The van der Waals surface area contributed by atoms with Crippen LogP contribution in [0.1, 0.15) is 56.8 Å². The summed E-state index contributed by atoms with van der Waals surface area (Å²) in [6.45, 7) is 6.64. The molecule has 138 valence electrons. The Kier molecular flexibility index (Phi) is 5.91. The van der Waals surface area contributed by atoms with Crippen LogP contribution in [-0.4, -0.2) is 39.9 Å². The molecule has 0 saturated heterocycles. The van der Waals surface area contributed by atoms with Crippen LogP contribution >= 0.6 is 0 Å². The second kappa shape index (κ2) is 8.15. The van der Waals surface area contributed by atoms with Gasteiger partial charge in [0, 0.05) is 24.9 Å². The van der Waals surface area contributed by atoms with Gasteiger partial charge in [-0.15, -0.1) is 0 Å². The van der Waals surface area contributed by atoms with E-state index in [1.807, 2.05) is 6.92 Å². The lowest BCUT2D eigenvalue weighted by molar-refractivity contribution is 0.0654. The fourth-order valence-electron chi connectivity index (χ4n) is 4.01. The maximum absolute atomic E-state index is 10.1. The number of aliphatic hydroxyl groups is 1. The molecule has 3 rings (SSSR count). The predicted octanol–water partition coefficient (Wildman–Crippen LogP) is 2.48. The van der Waals surface area contributed by atoms with Crippen molar-refractivity contribution in [2.24, 2.45) is 11.7 Å². The van der Waals surface area contributed by atoms with Crippen molar-refractivity contribution >= 4 is 11.5 Å². The average molecular weight is 346 g/mol. The summed E-state index contributed by atoms with van der Waals surface area (Å²) in [6.07, 6.45) is 8.79. The van der Waals surface area contributed by atoms with Crippen LogP contribution in [0.15, 0.2) is 12.8 Å². The van der Waals surface area contributed by atoms with E-state index < -0.39 is 0 Å². The maximum Gasteiger partial charge on any atom is 0.139 e. The summed E-state index contributed by atoms with van der Waals surface area (Å²) in [7, 11) is 0. The van der Waals surface area contributed by atoms with E-state index in [1.54, 1.807) is 6.20 Å². The maximum atomic E-state index is 10.1. The Morgan fingerprint density at radius 3 is 2.92 bits per heavy atom. The minimum atomic E-state index is -0.334. The van der Waals surface area contributed by atoms with Crippen molar-refractivity contribution in [1.82, 2.24) is 9.97 Å². The van der Waals surface area contributed by atoms with E-state index in [0.717, 1.165) is 62.9 Å². The van der Waals surface area contributed by atoms with Crippen molar-refractivity contribution in [3.63, 3.8) is 0 Å². The predicted molar refractivity (Wildman–Crippen MR) is 99.0 cm³/mol. The summed E-state index contributed by atoms with van der Waals surface area (Å²) < 4.78 is 5.74. The zero-order chi connectivity index (χ0) is 17.8. The van der Waals surface area contributed by atoms with Gasteiger partial charge in [-0.1, -0.05) is 6.58 Å². The summed E-state index contributed by atoms with van der Waals surface area (Å²) in [4.78, 5) is 9.20. The normalized spacial score (nSPS) is 29.0. The highest BCUT2D eigenvalue weighted by Crippen LogP contribution is 2.31. The Bertz CT molecular complexity index is 607. The van der Waals surface area contributed by atoms with Crippen LogP contribution in [0.5, 0.6) is 0 Å². The molecule has 1 aromatic rings. The molecule has 2 fully saturated rings. The molecule has 2 saturated carbocycles. The molecule has 0 amide bonds. The molecule has 0 aromatic carbocycles. The van der Waals surface area contributed by atoms with Crippen molar-refractivity contribution in [2.75, 3.05) is 11.9 Å². The third kappa shape index (κ3) is 4.50. The van der Waals surface area contributed by atoms with E-state index in [-0.39, 0.29) is 12.1 Å². The van der Waals surface area contributed by atoms with E-state index in [9.17, 15) is 5.11 Å². The molecular weight excluding hydrogens is 316 g/mol. The Hall–Kier alpha value is -1.66. The first-order valence-corrected chi connectivity index (χ1v) is 9.43. The van der Waals surface area contributed by atoms with Crippen LogP contribution in [0, 0.1) is 5.92 Å². The molecule has 1 heterocycles. The number of rotatable bonds is 7. The highest BCUT2D eigenvalue weighted by atomic mass is 16.5. The molecule has 6 heteroatoms. The van der Waals surface area contributed by atoms with Gasteiger partial charge in [0.05, 0.1) is 23.8 Å². The van der Waals surface area contributed by atoms with E-state index in [4.69, 9.17) is 15.5 Å². The molecule has 2 aliphatic carbocycles. The highest BCUT2D eigenvalue weighted by Gasteiger charge is 2.28. The standard InChI is InChI=1S/C19H30N4O2/c1-3-25-14-8-7-13(9-14)10-18-21-11-15(12(2)20)19(23-18)22-16-5-4-6-17(16)24/h11,13-14,16-17,24H,2-10,20H2,1H3,(H,21,22,23)/t13-,14-,16+,17+/m1/s1. The van der Waals surface area contributed by atoms with Crippen LogP contribution in [0.25, 0.3) is 5.70 Å². The monoisotopic (exact) mass is 346 g/mol. The van der Waals surface area contributed by atoms with Crippen molar-refractivity contribution in [1.29, 1.82) is 0 Å². The summed E-state index contributed by atoms with van der Waals surface area (Å²) in [5, 5.41) is 13.5. The van der Waals surface area contributed by atoms with Gasteiger partial charge in [0.2, 0.25) is 0 Å². The molecule has 0 spiro atoms. The largest absolute Gasteiger partial charge is 0.399 e. The fraction of sp³-hybridized carbons (Fsp3) is 0.684. The molecule has 0 aliphatic heterocycles. The topological polar surface area (TPSA) is 93.3 Å². The van der Waals surface area contributed by atoms with Crippen molar-refractivity contribution in [2.45, 2.75) is 70.1 Å². The number of nitrogens with zero attached hydrogens (tertiary/aromatic N) is 2. The van der Waals surface area contributed by atoms with Gasteiger partial charge < -0.3 is 20.9 Å². The van der Waals surface area contributed by atoms with Gasteiger partial charge >= 0.3 is 0 Å². The molecule has 1 aromatic heterocycles. The fourth-order valence-corrected chi connectivity index (χ4v) is 4.01. The summed E-state index contributed by atoms with van der Waals surface area (Å²) in [6, 6.07) is 0.0228. The van der Waals surface area contributed by atoms with E-state index in [1.165, 1.54) is 0 Å². The Morgan fingerprint density at radius 2 is 2.24 bits per heavy atom. The van der Waals surface area contributed by atoms with Gasteiger partial charge in [-0.25, -0.2) is 9.97 Å². The number of nitrogens with two attached hydrogens (primary N) is 1. The number of ether oxygens (including phenoxy) is 1. The zero-order valence-corrected chi connectivity index (χ0v) is 15.1. The average Bonchev–Trinajstić information content (AvgIpc) is 3.17. The molecule has 2 aliphatic rings. The van der Waals surface area contributed by atoms with E-state index in [0.29, 0.717) is 23.5 Å². The molecule has 6 nitrogen and oxygen atoms in total. The van der Waals surface area contributed by atoms with Crippen LogP contribution < -0.4 is 11.1 Å². The third-order valence-electron chi connectivity index (χ3n) is 5.35. The minimum Gasteiger partial charge on any atom is -0.399 e. The van der Waals surface area contributed by atoms with Gasteiger partial charge in [0.15, 0.2) is 0 Å². The molecule has 4 atom stereocenters. The zero-order valence-electron chi connectivity index (χ0n) is 15.1.